The predicted molar refractivity (Wildman–Crippen MR) is 88.4 cm³/mol. The summed E-state index contributed by atoms with van der Waals surface area (Å²) in [6, 6.07) is 8.87. The van der Waals surface area contributed by atoms with Crippen LogP contribution in [0.2, 0.25) is 0 Å². The topological polar surface area (TPSA) is 32.3 Å². The summed E-state index contributed by atoms with van der Waals surface area (Å²) in [5.41, 5.74) is 1.20. The van der Waals surface area contributed by atoms with Gasteiger partial charge < -0.3 is 10.2 Å². The molecule has 1 aliphatic rings. The summed E-state index contributed by atoms with van der Waals surface area (Å²) in [4.78, 5) is 14.2. The highest BCUT2D eigenvalue weighted by atomic mass is 79.9. The lowest BCUT2D eigenvalue weighted by Gasteiger charge is -2.36. The molecule has 2 unspecified atom stereocenters. The molecule has 112 valence electrons. The largest absolute Gasteiger partial charge is 0.340 e. The minimum atomic E-state index is 0. The highest BCUT2D eigenvalue weighted by molar-refractivity contribution is 9.10. The SMILES string of the molecule is CC1CN(C(=O)CCc2ccccc2Br)CC(C)N1.Cl. The zero-order chi connectivity index (χ0) is 13.8. The monoisotopic (exact) mass is 360 g/mol. The van der Waals surface area contributed by atoms with Gasteiger partial charge in [0.05, 0.1) is 0 Å². The molecular formula is C15H22BrClN2O. The lowest BCUT2D eigenvalue weighted by atomic mass is 10.1. The van der Waals surface area contributed by atoms with Crippen molar-refractivity contribution in [2.75, 3.05) is 13.1 Å². The number of hydrogen-bond acceptors (Lipinski definition) is 2. The maximum absolute atomic E-state index is 12.3. The van der Waals surface area contributed by atoms with Crippen molar-refractivity contribution in [2.24, 2.45) is 0 Å². The van der Waals surface area contributed by atoms with E-state index >= 15 is 0 Å². The summed E-state index contributed by atoms with van der Waals surface area (Å²) >= 11 is 3.53. The smallest absolute Gasteiger partial charge is 0.223 e. The number of nitrogens with one attached hydrogen (secondary N) is 1. The predicted octanol–water partition coefficient (Wildman–Crippen LogP) is 3.01. The Labute approximate surface area is 135 Å². The summed E-state index contributed by atoms with van der Waals surface area (Å²) in [7, 11) is 0. The molecule has 1 aromatic rings. The van der Waals surface area contributed by atoms with E-state index in [-0.39, 0.29) is 18.3 Å². The van der Waals surface area contributed by atoms with Crippen molar-refractivity contribution >= 4 is 34.2 Å². The van der Waals surface area contributed by atoms with Crippen molar-refractivity contribution in [3.8, 4) is 0 Å². The summed E-state index contributed by atoms with van der Waals surface area (Å²) in [5.74, 6) is 0.260. The first kappa shape index (κ1) is 17.5. The summed E-state index contributed by atoms with van der Waals surface area (Å²) < 4.78 is 1.09. The number of nitrogens with zero attached hydrogens (tertiary/aromatic N) is 1. The van der Waals surface area contributed by atoms with E-state index in [1.54, 1.807) is 0 Å². The van der Waals surface area contributed by atoms with Crippen molar-refractivity contribution in [3.05, 3.63) is 34.3 Å². The van der Waals surface area contributed by atoms with E-state index in [9.17, 15) is 4.79 Å². The third kappa shape index (κ3) is 4.76. The maximum Gasteiger partial charge on any atom is 0.223 e. The molecule has 1 fully saturated rings. The first-order chi connectivity index (χ1) is 9.06. The molecule has 1 saturated heterocycles. The average molecular weight is 362 g/mol. The van der Waals surface area contributed by atoms with Gasteiger partial charge in [0.15, 0.2) is 0 Å². The van der Waals surface area contributed by atoms with Crippen molar-refractivity contribution in [2.45, 2.75) is 38.8 Å². The standard InChI is InChI=1S/C15H21BrN2O.ClH/c1-11-9-18(10-12(2)17-11)15(19)8-7-13-5-3-4-6-14(13)16;/h3-6,11-12,17H,7-10H2,1-2H3;1H. The number of carbonyl (C=O) groups excluding carboxylic acids is 1. The van der Waals surface area contributed by atoms with Crippen LogP contribution in [0.4, 0.5) is 0 Å². The van der Waals surface area contributed by atoms with Crippen LogP contribution >= 0.6 is 28.3 Å². The fraction of sp³-hybridized carbons (Fsp3) is 0.533. The normalized spacial score (nSPS) is 22.2. The number of rotatable bonds is 3. The van der Waals surface area contributed by atoms with Crippen LogP contribution in [0.1, 0.15) is 25.8 Å². The lowest BCUT2D eigenvalue weighted by Crippen LogP contribution is -2.55. The van der Waals surface area contributed by atoms with Crippen LogP contribution in [-0.2, 0) is 11.2 Å². The number of hydrogen-bond donors (Lipinski definition) is 1. The van der Waals surface area contributed by atoms with Gasteiger partial charge in [-0.25, -0.2) is 0 Å². The van der Waals surface area contributed by atoms with Crippen molar-refractivity contribution in [3.63, 3.8) is 0 Å². The van der Waals surface area contributed by atoms with Crippen LogP contribution in [-0.4, -0.2) is 36.0 Å². The zero-order valence-corrected chi connectivity index (χ0v) is 14.3. The molecule has 20 heavy (non-hydrogen) atoms. The Morgan fingerprint density at radius 3 is 2.50 bits per heavy atom. The Bertz CT molecular complexity index is 445. The molecule has 0 bridgehead atoms. The lowest BCUT2D eigenvalue weighted by molar-refractivity contribution is -0.132. The van der Waals surface area contributed by atoms with Crippen molar-refractivity contribution in [1.29, 1.82) is 0 Å². The number of aryl methyl sites for hydroxylation is 1. The second kappa shape index (κ2) is 8.01. The third-order valence-electron chi connectivity index (χ3n) is 3.48. The first-order valence-electron chi connectivity index (χ1n) is 6.83. The van der Waals surface area contributed by atoms with Crippen molar-refractivity contribution < 1.29 is 4.79 Å². The fourth-order valence-corrected chi connectivity index (χ4v) is 3.11. The molecule has 0 radical (unpaired) electrons. The van der Waals surface area contributed by atoms with E-state index in [0.717, 1.165) is 24.0 Å². The first-order valence-corrected chi connectivity index (χ1v) is 7.63. The molecule has 1 aliphatic heterocycles. The second-order valence-corrected chi connectivity index (χ2v) is 6.21. The van der Waals surface area contributed by atoms with Crippen molar-refractivity contribution in [1.82, 2.24) is 10.2 Å². The van der Waals surface area contributed by atoms with E-state index < -0.39 is 0 Å². The molecule has 5 heteroatoms. The number of amides is 1. The number of carbonyl (C=O) groups is 1. The van der Waals surface area contributed by atoms with Crippen LogP contribution in [0.3, 0.4) is 0 Å². The minimum absolute atomic E-state index is 0. The molecule has 0 aromatic heterocycles. The molecule has 2 rings (SSSR count). The third-order valence-corrected chi connectivity index (χ3v) is 4.25. The van der Waals surface area contributed by atoms with Crippen LogP contribution < -0.4 is 5.32 Å². The van der Waals surface area contributed by atoms with Gasteiger partial charge in [-0.05, 0) is 31.9 Å². The molecular weight excluding hydrogens is 340 g/mol. The minimum Gasteiger partial charge on any atom is -0.340 e. The van der Waals surface area contributed by atoms with Gasteiger partial charge in [0.1, 0.15) is 0 Å². The molecule has 2 atom stereocenters. The molecule has 0 aliphatic carbocycles. The van der Waals surface area contributed by atoms with Gasteiger partial charge in [-0.3, -0.25) is 4.79 Å². The molecule has 1 heterocycles. The van der Waals surface area contributed by atoms with Gasteiger partial charge in [-0.1, -0.05) is 34.1 Å². The van der Waals surface area contributed by atoms with E-state index in [1.807, 2.05) is 23.1 Å². The molecule has 1 aromatic carbocycles. The quantitative estimate of drug-likeness (QED) is 0.897. The number of benzene rings is 1. The number of piperazine rings is 1. The van der Waals surface area contributed by atoms with Crippen LogP contribution in [0.15, 0.2) is 28.7 Å². The Hall–Kier alpha value is -0.580. The second-order valence-electron chi connectivity index (χ2n) is 5.36. The van der Waals surface area contributed by atoms with E-state index in [4.69, 9.17) is 0 Å². The number of halogens is 2. The Morgan fingerprint density at radius 2 is 1.90 bits per heavy atom. The Balaban J connectivity index is 0.00000200. The summed E-state index contributed by atoms with van der Waals surface area (Å²) in [5, 5.41) is 3.45. The zero-order valence-electron chi connectivity index (χ0n) is 11.9. The van der Waals surface area contributed by atoms with Gasteiger partial charge in [-0.2, -0.15) is 0 Å². The van der Waals surface area contributed by atoms with Gasteiger partial charge in [0.25, 0.3) is 0 Å². The van der Waals surface area contributed by atoms with Gasteiger partial charge in [0, 0.05) is 36.1 Å². The molecule has 0 spiro atoms. The molecule has 3 nitrogen and oxygen atoms in total. The highest BCUT2D eigenvalue weighted by Crippen LogP contribution is 2.18. The highest BCUT2D eigenvalue weighted by Gasteiger charge is 2.24. The van der Waals surface area contributed by atoms with Crippen LogP contribution in [0.5, 0.6) is 0 Å². The molecule has 0 saturated carbocycles. The molecule has 1 N–H and O–H groups in total. The van der Waals surface area contributed by atoms with E-state index in [0.29, 0.717) is 18.5 Å². The summed E-state index contributed by atoms with van der Waals surface area (Å²) in [6.45, 7) is 5.89. The van der Waals surface area contributed by atoms with Crippen LogP contribution in [0, 0.1) is 0 Å². The maximum atomic E-state index is 12.3. The van der Waals surface area contributed by atoms with Gasteiger partial charge in [0.2, 0.25) is 5.91 Å². The molecule has 1 amide bonds. The fourth-order valence-electron chi connectivity index (χ4n) is 2.63. The average Bonchev–Trinajstić information content (AvgIpc) is 2.36. The van der Waals surface area contributed by atoms with E-state index in [1.165, 1.54) is 5.56 Å². The van der Waals surface area contributed by atoms with Gasteiger partial charge >= 0.3 is 0 Å². The Kier molecular flexibility index (Phi) is 7.00. The van der Waals surface area contributed by atoms with Gasteiger partial charge in [-0.15, -0.1) is 12.4 Å². The van der Waals surface area contributed by atoms with E-state index in [2.05, 4.69) is 41.2 Å². The van der Waals surface area contributed by atoms with Crippen LogP contribution in [0.25, 0.3) is 0 Å². The summed E-state index contributed by atoms with van der Waals surface area (Å²) in [6.07, 6.45) is 1.38. The Morgan fingerprint density at radius 1 is 1.30 bits per heavy atom.